The zero-order chi connectivity index (χ0) is 16.0. The molecule has 0 bridgehead atoms. The highest BCUT2D eigenvalue weighted by molar-refractivity contribution is 5.26. The SMILES string of the molecule is CCNC(c1ccc(CC)cc1)C(C)N(C)C(C)(C)CC. The first kappa shape index (κ1) is 18.2. The fourth-order valence-corrected chi connectivity index (χ4v) is 2.77. The van der Waals surface area contributed by atoms with Gasteiger partial charge in [0.1, 0.15) is 0 Å². The van der Waals surface area contributed by atoms with Crippen LogP contribution < -0.4 is 5.32 Å². The molecule has 0 saturated carbocycles. The zero-order valence-corrected chi connectivity index (χ0v) is 15.0. The van der Waals surface area contributed by atoms with Crippen molar-refractivity contribution in [3.8, 4) is 0 Å². The summed E-state index contributed by atoms with van der Waals surface area (Å²) in [5.41, 5.74) is 3.01. The average Bonchev–Trinajstić information content (AvgIpc) is 2.51. The molecule has 0 spiro atoms. The molecule has 1 rings (SSSR count). The Hall–Kier alpha value is -0.860. The second-order valence-corrected chi connectivity index (χ2v) is 6.65. The monoisotopic (exact) mass is 290 g/mol. The van der Waals surface area contributed by atoms with Gasteiger partial charge in [-0.3, -0.25) is 4.90 Å². The lowest BCUT2D eigenvalue weighted by atomic mass is 9.92. The van der Waals surface area contributed by atoms with Crippen LogP contribution in [-0.2, 0) is 6.42 Å². The lowest BCUT2D eigenvalue weighted by Gasteiger charge is -2.43. The molecule has 1 aromatic carbocycles. The first-order valence-corrected chi connectivity index (χ1v) is 8.42. The highest BCUT2D eigenvalue weighted by Gasteiger charge is 2.30. The van der Waals surface area contributed by atoms with E-state index < -0.39 is 0 Å². The summed E-state index contributed by atoms with van der Waals surface area (Å²) in [4.78, 5) is 2.51. The molecule has 0 aliphatic heterocycles. The topological polar surface area (TPSA) is 15.3 Å². The van der Waals surface area contributed by atoms with Gasteiger partial charge >= 0.3 is 0 Å². The Labute approximate surface area is 131 Å². The van der Waals surface area contributed by atoms with E-state index in [4.69, 9.17) is 0 Å². The first-order valence-electron chi connectivity index (χ1n) is 8.42. The predicted octanol–water partition coefficient (Wildman–Crippen LogP) is 4.41. The van der Waals surface area contributed by atoms with Crippen LogP contribution in [-0.4, -0.2) is 30.1 Å². The van der Waals surface area contributed by atoms with Gasteiger partial charge in [0.2, 0.25) is 0 Å². The van der Waals surface area contributed by atoms with E-state index in [2.05, 4.69) is 83.1 Å². The van der Waals surface area contributed by atoms with Crippen LogP contribution in [0.15, 0.2) is 24.3 Å². The number of hydrogen-bond donors (Lipinski definition) is 1. The van der Waals surface area contributed by atoms with E-state index >= 15 is 0 Å². The number of aryl methyl sites for hydroxylation is 1. The molecule has 0 saturated heterocycles. The van der Waals surface area contributed by atoms with Crippen LogP contribution in [0.2, 0.25) is 0 Å². The molecule has 1 aromatic rings. The molecule has 0 aliphatic rings. The van der Waals surface area contributed by atoms with E-state index in [9.17, 15) is 0 Å². The van der Waals surface area contributed by atoms with Gasteiger partial charge < -0.3 is 5.32 Å². The van der Waals surface area contributed by atoms with Crippen LogP contribution in [0.5, 0.6) is 0 Å². The van der Waals surface area contributed by atoms with Gasteiger partial charge in [-0.2, -0.15) is 0 Å². The van der Waals surface area contributed by atoms with E-state index in [0.717, 1.165) is 19.4 Å². The normalized spacial score (nSPS) is 15.2. The van der Waals surface area contributed by atoms with E-state index in [1.54, 1.807) is 0 Å². The molecule has 0 amide bonds. The summed E-state index contributed by atoms with van der Waals surface area (Å²) in [5, 5.41) is 3.67. The van der Waals surface area contributed by atoms with Crippen LogP contribution in [0, 0.1) is 0 Å². The third-order valence-corrected chi connectivity index (χ3v) is 5.08. The average molecular weight is 290 g/mol. The van der Waals surface area contributed by atoms with Crippen LogP contribution in [0.1, 0.15) is 65.1 Å². The van der Waals surface area contributed by atoms with Gasteiger partial charge in [-0.15, -0.1) is 0 Å². The highest BCUT2D eigenvalue weighted by Crippen LogP contribution is 2.27. The molecule has 2 nitrogen and oxygen atoms in total. The minimum Gasteiger partial charge on any atom is -0.309 e. The summed E-state index contributed by atoms with van der Waals surface area (Å²) in [6.45, 7) is 14.6. The van der Waals surface area contributed by atoms with Crippen molar-refractivity contribution < 1.29 is 0 Å². The fraction of sp³-hybridized carbons (Fsp3) is 0.684. The molecule has 0 fully saturated rings. The minimum atomic E-state index is 0.219. The molecular weight excluding hydrogens is 256 g/mol. The molecule has 2 heteroatoms. The Kier molecular flexibility index (Phi) is 6.89. The Bertz CT molecular complexity index is 408. The molecule has 2 atom stereocenters. The second-order valence-electron chi connectivity index (χ2n) is 6.65. The maximum atomic E-state index is 3.67. The van der Waals surface area contributed by atoms with Crippen molar-refractivity contribution in [1.82, 2.24) is 10.2 Å². The summed E-state index contributed by atoms with van der Waals surface area (Å²) in [6, 6.07) is 9.92. The Balaban J connectivity index is 2.98. The van der Waals surface area contributed by atoms with E-state index in [0.29, 0.717) is 12.1 Å². The van der Waals surface area contributed by atoms with Crippen LogP contribution in [0.4, 0.5) is 0 Å². The van der Waals surface area contributed by atoms with Crippen LogP contribution in [0.25, 0.3) is 0 Å². The zero-order valence-electron chi connectivity index (χ0n) is 15.0. The van der Waals surface area contributed by atoms with Crippen molar-refractivity contribution in [2.75, 3.05) is 13.6 Å². The van der Waals surface area contributed by atoms with Gasteiger partial charge in [0.05, 0.1) is 0 Å². The van der Waals surface area contributed by atoms with Crippen molar-refractivity contribution in [3.63, 3.8) is 0 Å². The molecular formula is C19H34N2. The van der Waals surface area contributed by atoms with Gasteiger partial charge in [-0.1, -0.05) is 45.0 Å². The minimum absolute atomic E-state index is 0.219. The highest BCUT2D eigenvalue weighted by atomic mass is 15.2. The van der Waals surface area contributed by atoms with Crippen LogP contribution in [0.3, 0.4) is 0 Å². The molecule has 0 radical (unpaired) electrons. The van der Waals surface area contributed by atoms with Gasteiger partial charge in [0.15, 0.2) is 0 Å². The largest absolute Gasteiger partial charge is 0.309 e. The fourth-order valence-electron chi connectivity index (χ4n) is 2.77. The van der Waals surface area contributed by atoms with Crippen molar-refractivity contribution >= 4 is 0 Å². The number of likely N-dealkylation sites (N-methyl/N-ethyl adjacent to an activating group) is 2. The first-order chi connectivity index (χ1) is 9.87. The van der Waals surface area contributed by atoms with Crippen molar-refractivity contribution in [2.45, 2.75) is 72.0 Å². The Morgan fingerprint density at radius 2 is 1.67 bits per heavy atom. The lowest BCUT2D eigenvalue weighted by molar-refractivity contribution is 0.0836. The standard InChI is InChI=1S/C19H34N2/c1-8-16-11-13-17(14-12-16)18(20-10-3)15(4)21(7)19(5,6)9-2/h11-15,18,20H,8-10H2,1-7H3. The summed E-state index contributed by atoms with van der Waals surface area (Å²) in [6.07, 6.45) is 2.26. The number of benzene rings is 1. The summed E-state index contributed by atoms with van der Waals surface area (Å²) < 4.78 is 0. The summed E-state index contributed by atoms with van der Waals surface area (Å²) >= 11 is 0. The maximum Gasteiger partial charge on any atom is 0.0475 e. The Morgan fingerprint density at radius 1 is 1.10 bits per heavy atom. The van der Waals surface area contributed by atoms with Gasteiger partial charge in [0.25, 0.3) is 0 Å². The quantitative estimate of drug-likeness (QED) is 0.763. The smallest absolute Gasteiger partial charge is 0.0475 e. The molecule has 120 valence electrons. The van der Waals surface area contributed by atoms with Gasteiger partial charge in [0, 0.05) is 17.6 Å². The molecule has 0 heterocycles. The van der Waals surface area contributed by atoms with Gasteiger partial charge in [-0.05, 0) is 58.3 Å². The van der Waals surface area contributed by atoms with Crippen molar-refractivity contribution in [3.05, 3.63) is 35.4 Å². The lowest BCUT2D eigenvalue weighted by Crippen LogP contribution is -2.50. The molecule has 1 N–H and O–H groups in total. The van der Waals surface area contributed by atoms with E-state index in [-0.39, 0.29) is 5.54 Å². The van der Waals surface area contributed by atoms with Crippen molar-refractivity contribution in [1.29, 1.82) is 0 Å². The molecule has 2 unspecified atom stereocenters. The van der Waals surface area contributed by atoms with Crippen molar-refractivity contribution in [2.24, 2.45) is 0 Å². The number of rotatable bonds is 8. The summed E-state index contributed by atoms with van der Waals surface area (Å²) in [7, 11) is 2.25. The maximum absolute atomic E-state index is 3.67. The molecule has 0 aliphatic carbocycles. The third kappa shape index (κ3) is 4.55. The van der Waals surface area contributed by atoms with E-state index in [1.807, 2.05) is 0 Å². The number of nitrogens with zero attached hydrogens (tertiary/aromatic N) is 1. The summed E-state index contributed by atoms with van der Waals surface area (Å²) in [5.74, 6) is 0. The van der Waals surface area contributed by atoms with Gasteiger partial charge in [-0.25, -0.2) is 0 Å². The second kappa shape index (κ2) is 7.95. The Morgan fingerprint density at radius 3 is 2.10 bits per heavy atom. The number of nitrogens with one attached hydrogen (secondary N) is 1. The van der Waals surface area contributed by atoms with E-state index in [1.165, 1.54) is 11.1 Å². The third-order valence-electron chi connectivity index (χ3n) is 5.08. The number of hydrogen-bond acceptors (Lipinski definition) is 2. The molecule has 21 heavy (non-hydrogen) atoms. The predicted molar refractivity (Wildman–Crippen MR) is 93.8 cm³/mol. The molecule has 0 aromatic heterocycles. The van der Waals surface area contributed by atoms with Crippen LogP contribution >= 0.6 is 0 Å².